The van der Waals surface area contributed by atoms with Gasteiger partial charge in [0.2, 0.25) is 0 Å². The van der Waals surface area contributed by atoms with E-state index in [9.17, 15) is 5.11 Å². The van der Waals surface area contributed by atoms with Gasteiger partial charge in [0.15, 0.2) is 0 Å². The Kier molecular flexibility index (Phi) is 4.93. The molecule has 23 heavy (non-hydrogen) atoms. The predicted molar refractivity (Wildman–Crippen MR) is 90.0 cm³/mol. The third kappa shape index (κ3) is 3.54. The molecule has 6 heteroatoms. The molecule has 1 atom stereocenters. The molecule has 1 aliphatic rings. The summed E-state index contributed by atoms with van der Waals surface area (Å²) in [6.07, 6.45) is 3.11. The quantitative estimate of drug-likeness (QED) is 0.885. The molecule has 0 saturated carbocycles. The molecule has 6 nitrogen and oxygen atoms in total. The topological polar surface area (TPSA) is 66.2 Å². The van der Waals surface area contributed by atoms with Gasteiger partial charge in [0, 0.05) is 45.0 Å². The number of aromatic nitrogens is 3. The van der Waals surface area contributed by atoms with E-state index < -0.39 is 6.10 Å². The van der Waals surface area contributed by atoms with Crippen molar-refractivity contribution in [2.24, 2.45) is 0 Å². The highest BCUT2D eigenvalue weighted by Crippen LogP contribution is 2.22. The van der Waals surface area contributed by atoms with Crippen molar-refractivity contribution in [3.63, 3.8) is 0 Å². The summed E-state index contributed by atoms with van der Waals surface area (Å²) in [4.78, 5) is 6.80. The van der Waals surface area contributed by atoms with Crippen LogP contribution in [0.3, 0.4) is 0 Å². The van der Waals surface area contributed by atoms with Crippen LogP contribution < -0.4 is 5.32 Å². The Labute approximate surface area is 137 Å². The maximum absolute atomic E-state index is 10.0. The Bertz CT molecular complexity index is 654. The molecule has 0 bridgehead atoms. The van der Waals surface area contributed by atoms with E-state index in [-0.39, 0.29) is 0 Å². The van der Waals surface area contributed by atoms with Crippen molar-refractivity contribution in [1.29, 1.82) is 0 Å². The Morgan fingerprint density at radius 3 is 3.04 bits per heavy atom. The van der Waals surface area contributed by atoms with Gasteiger partial charge in [0.1, 0.15) is 5.82 Å². The van der Waals surface area contributed by atoms with E-state index in [4.69, 9.17) is 0 Å². The molecule has 3 rings (SSSR count). The average molecular weight is 315 g/mol. The lowest BCUT2D eigenvalue weighted by atomic mass is 10.2. The van der Waals surface area contributed by atoms with Crippen molar-refractivity contribution < 1.29 is 5.11 Å². The Hall–Kier alpha value is -1.92. The van der Waals surface area contributed by atoms with Crippen LogP contribution in [-0.4, -0.2) is 38.4 Å². The second-order valence-electron chi connectivity index (χ2n) is 6.03. The monoisotopic (exact) mass is 315 g/mol. The first-order valence-electron chi connectivity index (χ1n) is 8.30. The van der Waals surface area contributed by atoms with E-state index in [1.54, 1.807) is 0 Å². The lowest BCUT2D eigenvalue weighted by Gasteiger charge is -2.20. The number of fused-ring (bicyclic) bond motifs is 1. The van der Waals surface area contributed by atoms with Crippen LogP contribution in [0.15, 0.2) is 24.4 Å². The maximum atomic E-state index is 10.0. The third-order valence-electron chi connectivity index (χ3n) is 4.36. The van der Waals surface area contributed by atoms with Crippen LogP contribution >= 0.6 is 0 Å². The zero-order valence-electron chi connectivity index (χ0n) is 13.9. The Morgan fingerprint density at radius 1 is 1.39 bits per heavy atom. The van der Waals surface area contributed by atoms with Crippen molar-refractivity contribution in [3.05, 3.63) is 41.3 Å². The Morgan fingerprint density at radius 2 is 2.26 bits per heavy atom. The number of aliphatic hydroxyl groups excluding tert-OH is 1. The summed E-state index contributed by atoms with van der Waals surface area (Å²) in [5.74, 6) is 0.937. The zero-order chi connectivity index (χ0) is 16.2. The van der Waals surface area contributed by atoms with Crippen LogP contribution in [0.1, 0.15) is 42.8 Å². The molecule has 0 amide bonds. The highest BCUT2D eigenvalue weighted by molar-refractivity contribution is 5.42. The fourth-order valence-corrected chi connectivity index (χ4v) is 3.09. The molecule has 0 radical (unpaired) electrons. The number of nitrogens with one attached hydrogen (secondary N) is 1. The van der Waals surface area contributed by atoms with E-state index >= 15 is 0 Å². The van der Waals surface area contributed by atoms with E-state index in [2.05, 4.69) is 37.1 Å². The molecular weight excluding hydrogens is 290 g/mol. The van der Waals surface area contributed by atoms with Crippen LogP contribution in [0, 0.1) is 0 Å². The fourth-order valence-electron chi connectivity index (χ4n) is 3.09. The molecule has 1 aliphatic heterocycles. The lowest BCUT2D eigenvalue weighted by Crippen LogP contribution is -2.23. The molecule has 3 heterocycles. The number of aryl methyl sites for hydroxylation is 1. The summed E-state index contributed by atoms with van der Waals surface area (Å²) >= 11 is 0. The first-order valence-corrected chi connectivity index (χ1v) is 8.30. The summed E-state index contributed by atoms with van der Waals surface area (Å²) in [5.41, 5.74) is 3.18. The minimum absolute atomic E-state index is 0.461. The summed E-state index contributed by atoms with van der Waals surface area (Å²) in [6, 6.07) is 6.15. The smallest absolute Gasteiger partial charge is 0.130 e. The van der Waals surface area contributed by atoms with E-state index in [0.29, 0.717) is 6.42 Å². The van der Waals surface area contributed by atoms with E-state index in [0.717, 1.165) is 44.1 Å². The molecule has 0 aromatic carbocycles. The molecule has 2 aromatic rings. The van der Waals surface area contributed by atoms with Crippen molar-refractivity contribution in [1.82, 2.24) is 19.7 Å². The predicted octanol–water partition coefficient (Wildman–Crippen LogP) is 2.17. The van der Waals surface area contributed by atoms with Crippen LogP contribution in [-0.2, 0) is 19.6 Å². The summed E-state index contributed by atoms with van der Waals surface area (Å²) in [5, 5.41) is 17.7. The van der Waals surface area contributed by atoms with Crippen molar-refractivity contribution in [2.45, 2.75) is 45.5 Å². The minimum Gasteiger partial charge on any atom is -0.387 e. The number of hydrogen-bond donors (Lipinski definition) is 2. The van der Waals surface area contributed by atoms with Gasteiger partial charge < -0.3 is 10.4 Å². The first kappa shape index (κ1) is 16.0. The van der Waals surface area contributed by atoms with Crippen LogP contribution in [0.4, 0.5) is 5.82 Å². The van der Waals surface area contributed by atoms with Crippen LogP contribution in [0.25, 0.3) is 0 Å². The molecule has 2 N–H and O–H groups in total. The molecule has 124 valence electrons. The van der Waals surface area contributed by atoms with Gasteiger partial charge in [0.05, 0.1) is 17.5 Å². The van der Waals surface area contributed by atoms with Gasteiger partial charge in [-0.15, -0.1) is 0 Å². The van der Waals surface area contributed by atoms with Gasteiger partial charge in [-0.1, -0.05) is 13.0 Å². The molecule has 0 unspecified atom stereocenters. The number of pyridine rings is 1. The Balaban J connectivity index is 1.76. The van der Waals surface area contributed by atoms with Gasteiger partial charge in [-0.2, -0.15) is 5.10 Å². The summed E-state index contributed by atoms with van der Waals surface area (Å²) < 4.78 is 2.05. The number of nitrogens with zero attached hydrogens (tertiary/aromatic N) is 4. The number of anilines is 1. The second kappa shape index (κ2) is 7.10. The number of aliphatic hydroxyl groups is 1. The average Bonchev–Trinajstić information content (AvgIpc) is 2.88. The van der Waals surface area contributed by atoms with Crippen LogP contribution in [0.5, 0.6) is 0 Å². The van der Waals surface area contributed by atoms with Crippen molar-refractivity contribution in [3.8, 4) is 0 Å². The maximum Gasteiger partial charge on any atom is 0.130 e. The van der Waals surface area contributed by atoms with Crippen molar-refractivity contribution in [2.75, 3.05) is 18.9 Å². The molecule has 0 aliphatic carbocycles. The first-order chi connectivity index (χ1) is 11.2. The standard InChI is InChI=1S/C17H25N5O/c1-3-16(23)15-10-14-12-21(8-5-9-22(14)20-15)11-13-6-4-7-19-17(13)18-2/h4,6-7,10,16,23H,3,5,8-9,11-12H2,1-2H3,(H,18,19)/t16-/m1/s1. The van der Waals surface area contributed by atoms with Gasteiger partial charge in [-0.05, 0) is 25.0 Å². The SMILES string of the molecule is CC[C@@H](O)c1cc2n(n1)CCCN(Cc1cccnc1NC)C2. The molecular formula is C17H25N5O. The largest absolute Gasteiger partial charge is 0.387 e. The lowest BCUT2D eigenvalue weighted by molar-refractivity contribution is 0.167. The molecule has 0 spiro atoms. The van der Waals surface area contributed by atoms with Gasteiger partial charge >= 0.3 is 0 Å². The molecule has 0 fully saturated rings. The zero-order valence-corrected chi connectivity index (χ0v) is 13.9. The third-order valence-corrected chi connectivity index (χ3v) is 4.36. The fraction of sp³-hybridized carbons (Fsp3) is 0.529. The van der Waals surface area contributed by atoms with Crippen LogP contribution in [0.2, 0.25) is 0 Å². The number of rotatable bonds is 5. The summed E-state index contributed by atoms with van der Waals surface area (Å²) in [6.45, 7) is 5.63. The second-order valence-corrected chi connectivity index (χ2v) is 6.03. The minimum atomic E-state index is -0.461. The van der Waals surface area contributed by atoms with E-state index in [1.807, 2.05) is 26.2 Å². The normalized spacial score (nSPS) is 16.7. The van der Waals surface area contributed by atoms with Gasteiger partial charge in [-0.25, -0.2) is 4.98 Å². The molecule has 0 saturated heterocycles. The van der Waals surface area contributed by atoms with Gasteiger partial charge in [-0.3, -0.25) is 9.58 Å². The van der Waals surface area contributed by atoms with Crippen molar-refractivity contribution >= 4 is 5.82 Å². The van der Waals surface area contributed by atoms with E-state index in [1.165, 1.54) is 11.3 Å². The van der Waals surface area contributed by atoms with Gasteiger partial charge in [0.25, 0.3) is 0 Å². The molecule has 2 aromatic heterocycles. The highest BCUT2D eigenvalue weighted by atomic mass is 16.3. The highest BCUT2D eigenvalue weighted by Gasteiger charge is 2.19. The number of hydrogen-bond acceptors (Lipinski definition) is 5. The summed E-state index contributed by atoms with van der Waals surface area (Å²) in [7, 11) is 1.90.